The molecule has 1 aromatic carbocycles. The highest BCUT2D eigenvalue weighted by Gasteiger charge is 2.55. The molecule has 0 aliphatic heterocycles. The summed E-state index contributed by atoms with van der Waals surface area (Å²) in [4.78, 5) is 0. The number of ether oxygens (including phenoxy) is 1. The van der Waals surface area contributed by atoms with E-state index in [2.05, 4.69) is 13.2 Å². The summed E-state index contributed by atoms with van der Waals surface area (Å²) in [6.45, 7) is 8.58. The Labute approximate surface area is 128 Å². The van der Waals surface area contributed by atoms with Crippen LogP contribution in [-0.4, -0.2) is 13.3 Å². The van der Waals surface area contributed by atoms with Gasteiger partial charge in [0.15, 0.2) is 0 Å². The summed E-state index contributed by atoms with van der Waals surface area (Å²) in [6.07, 6.45) is -2.50. The molecule has 0 saturated carbocycles. The number of rotatable bonds is 6. The summed E-state index contributed by atoms with van der Waals surface area (Å²) in [6, 6.07) is 2.85. The minimum Gasteiger partial charge on any atom is -0.496 e. The van der Waals surface area contributed by atoms with E-state index in [1.54, 1.807) is 6.92 Å². The Morgan fingerprint density at radius 1 is 1.19 bits per heavy atom. The Bertz CT molecular complexity index is 525. The Hall–Kier alpha value is -1.42. The maximum atomic E-state index is 13.7. The first-order valence-electron chi connectivity index (χ1n) is 6.36. The van der Waals surface area contributed by atoms with E-state index in [1.165, 1.54) is 31.4 Å². The molecule has 0 radical (unpaired) electrons. The maximum absolute atomic E-state index is 13.7. The molecule has 0 heterocycles. The van der Waals surface area contributed by atoms with Crippen molar-refractivity contribution in [1.82, 2.24) is 0 Å². The minimum absolute atomic E-state index is 0.0229. The lowest BCUT2D eigenvalue weighted by Crippen LogP contribution is -2.42. The highest BCUT2D eigenvalue weighted by atomic mass is 35.5. The van der Waals surface area contributed by atoms with Crippen molar-refractivity contribution in [3.05, 3.63) is 53.6 Å². The molecule has 0 aromatic heterocycles. The molecule has 1 rings (SSSR count). The zero-order valence-corrected chi connectivity index (χ0v) is 12.8. The summed E-state index contributed by atoms with van der Waals surface area (Å²) < 4.78 is 46.3. The predicted molar refractivity (Wildman–Crippen MR) is 80.1 cm³/mol. The fraction of sp³-hybridized carbons (Fsp3) is 0.375. The van der Waals surface area contributed by atoms with Gasteiger partial charge in [-0.05, 0) is 43.0 Å². The fourth-order valence-electron chi connectivity index (χ4n) is 2.43. The lowest BCUT2D eigenvalue weighted by Gasteiger charge is -2.36. The SMILES string of the molecule is C=CCC(CC=C)(c1cc(C)c(OC)cc1Cl)C(F)(F)F. The molecular weight excluding hydrogens is 301 g/mol. The standard InChI is InChI=1S/C16H18ClF3O/c1-5-7-15(8-6-2,16(18,19)20)12-9-11(3)14(21-4)10-13(12)17/h5-6,9-10H,1-2,7-8H2,3-4H3. The third-order valence-electron chi connectivity index (χ3n) is 3.53. The van der Waals surface area contributed by atoms with Crippen LogP contribution in [0, 0.1) is 6.92 Å². The van der Waals surface area contributed by atoms with E-state index >= 15 is 0 Å². The molecule has 0 bridgehead atoms. The molecular formula is C16H18ClF3O. The Kier molecular flexibility index (Phi) is 5.51. The minimum atomic E-state index is -4.47. The Balaban J connectivity index is 3.63. The number of alkyl halides is 3. The summed E-state index contributed by atoms with van der Waals surface area (Å²) in [7, 11) is 1.45. The molecule has 0 spiro atoms. The second kappa shape index (κ2) is 6.56. The van der Waals surface area contributed by atoms with E-state index in [-0.39, 0.29) is 23.4 Å². The van der Waals surface area contributed by atoms with Gasteiger partial charge in [-0.15, -0.1) is 13.2 Å². The van der Waals surface area contributed by atoms with Gasteiger partial charge in [0.1, 0.15) is 5.75 Å². The highest BCUT2D eigenvalue weighted by Crippen LogP contribution is 2.50. The second-order valence-electron chi connectivity index (χ2n) is 4.87. The van der Waals surface area contributed by atoms with E-state index < -0.39 is 11.6 Å². The van der Waals surface area contributed by atoms with Crippen molar-refractivity contribution in [2.24, 2.45) is 0 Å². The van der Waals surface area contributed by atoms with Crippen LogP contribution in [0.4, 0.5) is 13.2 Å². The molecule has 0 aliphatic carbocycles. The number of halogens is 4. The van der Waals surface area contributed by atoms with Crippen LogP contribution < -0.4 is 4.74 Å². The van der Waals surface area contributed by atoms with Crippen LogP contribution in [0.15, 0.2) is 37.4 Å². The molecule has 5 heteroatoms. The van der Waals surface area contributed by atoms with Crippen LogP contribution in [0.1, 0.15) is 24.0 Å². The summed E-state index contributed by atoms with van der Waals surface area (Å²) in [5.74, 6) is 0.456. The smallest absolute Gasteiger partial charge is 0.399 e. The lowest BCUT2D eigenvalue weighted by atomic mass is 9.73. The third kappa shape index (κ3) is 3.26. The number of allylic oxidation sites excluding steroid dienone is 2. The first-order chi connectivity index (χ1) is 9.73. The zero-order chi connectivity index (χ0) is 16.3. The first-order valence-corrected chi connectivity index (χ1v) is 6.74. The van der Waals surface area contributed by atoms with Crippen molar-refractivity contribution < 1.29 is 17.9 Å². The molecule has 0 amide bonds. The van der Waals surface area contributed by atoms with Crippen molar-refractivity contribution in [3.8, 4) is 5.75 Å². The van der Waals surface area contributed by atoms with Crippen molar-refractivity contribution in [1.29, 1.82) is 0 Å². The van der Waals surface area contributed by atoms with Crippen LogP contribution in [0.5, 0.6) is 5.75 Å². The van der Waals surface area contributed by atoms with E-state index in [1.807, 2.05) is 0 Å². The number of aryl methyl sites for hydroxylation is 1. The molecule has 116 valence electrons. The number of hydrogen-bond donors (Lipinski definition) is 0. The molecule has 0 atom stereocenters. The van der Waals surface area contributed by atoms with Gasteiger partial charge in [-0.25, -0.2) is 0 Å². The Morgan fingerprint density at radius 3 is 2.10 bits per heavy atom. The van der Waals surface area contributed by atoms with Crippen LogP contribution >= 0.6 is 11.6 Å². The zero-order valence-electron chi connectivity index (χ0n) is 12.1. The van der Waals surface area contributed by atoms with Gasteiger partial charge in [0, 0.05) is 5.02 Å². The molecule has 0 N–H and O–H groups in total. The third-order valence-corrected chi connectivity index (χ3v) is 3.84. The van der Waals surface area contributed by atoms with Crippen molar-refractivity contribution in [2.75, 3.05) is 7.11 Å². The van der Waals surface area contributed by atoms with E-state index in [4.69, 9.17) is 16.3 Å². The molecule has 0 fully saturated rings. The summed E-state index contributed by atoms with van der Waals surface area (Å²) >= 11 is 6.09. The van der Waals surface area contributed by atoms with Gasteiger partial charge < -0.3 is 4.74 Å². The maximum Gasteiger partial charge on any atom is 0.399 e. The van der Waals surface area contributed by atoms with E-state index in [0.717, 1.165) is 0 Å². The van der Waals surface area contributed by atoms with Crippen molar-refractivity contribution in [3.63, 3.8) is 0 Å². The van der Waals surface area contributed by atoms with Crippen LogP contribution in [0.2, 0.25) is 5.02 Å². The van der Waals surface area contributed by atoms with Crippen molar-refractivity contribution in [2.45, 2.75) is 31.4 Å². The number of benzene rings is 1. The van der Waals surface area contributed by atoms with Gasteiger partial charge in [0.05, 0.1) is 12.5 Å². The molecule has 0 unspecified atom stereocenters. The van der Waals surface area contributed by atoms with Gasteiger partial charge >= 0.3 is 6.18 Å². The average molecular weight is 319 g/mol. The van der Waals surface area contributed by atoms with E-state index in [0.29, 0.717) is 11.3 Å². The van der Waals surface area contributed by atoms with Crippen molar-refractivity contribution >= 4 is 11.6 Å². The monoisotopic (exact) mass is 318 g/mol. The lowest BCUT2D eigenvalue weighted by molar-refractivity contribution is -0.189. The quantitative estimate of drug-likeness (QED) is 0.619. The van der Waals surface area contributed by atoms with E-state index in [9.17, 15) is 13.2 Å². The summed E-state index contributed by atoms with van der Waals surface area (Å²) in [5, 5.41) is 0.0264. The molecule has 0 saturated heterocycles. The van der Waals surface area contributed by atoms with Crippen LogP contribution in [0.25, 0.3) is 0 Å². The predicted octanol–water partition coefficient (Wildman–Crippen LogP) is 5.61. The molecule has 1 aromatic rings. The fourth-order valence-corrected chi connectivity index (χ4v) is 2.76. The molecule has 0 aliphatic rings. The highest BCUT2D eigenvalue weighted by molar-refractivity contribution is 6.31. The van der Waals surface area contributed by atoms with Gasteiger partial charge in [-0.3, -0.25) is 0 Å². The van der Waals surface area contributed by atoms with Crippen LogP contribution in [-0.2, 0) is 5.41 Å². The normalized spacial score (nSPS) is 12.1. The van der Waals surface area contributed by atoms with Gasteiger partial charge in [0.25, 0.3) is 0 Å². The van der Waals surface area contributed by atoms with Gasteiger partial charge in [0.2, 0.25) is 0 Å². The van der Waals surface area contributed by atoms with Gasteiger partial charge in [-0.1, -0.05) is 23.8 Å². The number of hydrogen-bond acceptors (Lipinski definition) is 1. The van der Waals surface area contributed by atoms with Crippen LogP contribution in [0.3, 0.4) is 0 Å². The largest absolute Gasteiger partial charge is 0.496 e. The second-order valence-corrected chi connectivity index (χ2v) is 5.27. The molecule has 21 heavy (non-hydrogen) atoms. The molecule has 1 nitrogen and oxygen atoms in total. The summed E-state index contributed by atoms with van der Waals surface area (Å²) in [5.41, 5.74) is -1.50. The van der Waals surface area contributed by atoms with Gasteiger partial charge in [-0.2, -0.15) is 13.2 Å². The first kappa shape index (κ1) is 17.6. The topological polar surface area (TPSA) is 9.23 Å². The number of methoxy groups -OCH3 is 1. The average Bonchev–Trinajstić information content (AvgIpc) is 2.39. The Morgan fingerprint density at radius 2 is 1.71 bits per heavy atom.